The number of hydrogen-bond donors (Lipinski definition) is 0. The Hall–Kier alpha value is -1.11. The van der Waals surface area contributed by atoms with Gasteiger partial charge in [-0.2, -0.15) is 0 Å². The highest BCUT2D eigenvalue weighted by atomic mass is 127. The van der Waals surface area contributed by atoms with Crippen LogP contribution in [0.5, 0.6) is 0 Å². The van der Waals surface area contributed by atoms with Gasteiger partial charge in [0.05, 0.1) is 0 Å². The van der Waals surface area contributed by atoms with Gasteiger partial charge < -0.3 is 9.80 Å². The van der Waals surface area contributed by atoms with Crippen molar-refractivity contribution in [3.8, 4) is 0 Å². The number of fused-ring (bicyclic) bond motifs is 5. The molecule has 5 heteroatoms. The summed E-state index contributed by atoms with van der Waals surface area (Å²) in [5.74, 6) is 2.73. The lowest BCUT2D eigenvalue weighted by molar-refractivity contribution is -0.158. The second kappa shape index (κ2) is 11.4. The van der Waals surface area contributed by atoms with E-state index in [4.69, 9.17) is 0 Å². The number of rotatable bonds is 8. The molecule has 0 unspecified atom stereocenters. The van der Waals surface area contributed by atoms with Crippen LogP contribution in [0, 0.1) is 32.2 Å². The summed E-state index contributed by atoms with van der Waals surface area (Å²) < 4.78 is 1.18. The lowest BCUT2D eigenvalue weighted by atomic mass is 9.47. The SMILES string of the molecule is CCCCCCCN(C(=O)c1ccc(I)cc1)[C@H]1CC[C@H]2[C@@H]3CC[C@H]4N(C)C(=O)CC[C@]4(C)[C@H]3CC[C@]12C. The molecule has 3 saturated carbocycles. The molecule has 2 amide bonds. The third-order valence-corrected chi connectivity index (χ3v) is 12.5. The molecule has 0 spiro atoms. The summed E-state index contributed by atoms with van der Waals surface area (Å²) in [6, 6.07) is 8.96. The van der Waals surface area contributed by atoms with E-state index >= 15 is 0 Å². The van der Waals surface area contributed by atoms with Crippen molar-refractivity contribution >= 4 is 34.4 Å². The maximum atomic E-state index is 14.1. The molecule has 5 rings (SSSR count). The second-order valence-corrected chi connectivity index (χ2v) is 14.8. The van der Waals surface area contributed by atoms with Crippen molar-refractivity contribution in [1.29, 1.82) is 0 Å². The van der Waals surface area contributed by atoms with Gasteiger partial charge in [-0.05, 0) is 127 Å². The van der Waals surface area contributed by atoms with Gasteiger partial charge in [-0.1, -0.05) is 46.5 Å². The minimum atomic E-state index is 0.197. The van der Waals surface area contributed by atoms with Gasteiger partial charge in [0.15, 0.2) is 0 Å². The molecule has 38 heavy (non-hydrogen) atoms. The van der Waals surface area contributed by atoms with Gasteiger partial charge in [0.2, 0.25) is 5.91 Å². The zero-order valence-electron chi connectivity index (χ0n) is 24.2. The number of likely N-dealkylation sites (tertiary alicyclic amines) is 1. The highest BCUT2D eigenvalue weighted by Gasteiger charge is 2.62. The zero-order chi connectivity index (χ0) is 27.1. The van der Waals surface area contributed by atoms with Crippen LogP contribution in [0.15, 0.2) is 24.3 Å². The number of unbranched alkanes of at least 4 members (excludes halogenated alkanes) is 4. The van der Waals surface area contributed by atoms with E-state index in [9.17, 15) is 9.59 Å². The number of benzene rings is 1. The molecule has 4 nitrogen and oxygen atoms in total. The summed E-state index contributed by atoms with van der Waals surface area (Å²) in [5, 5.41) is 0. The van der Waals surface area contributed by atoms with Gasteiger partial charge >= 0.3 is 0 Å². The van der Waals surface area contributed by atoms with Gasteiger partial charge in [-0.3, -0.25) is 9.59 Å². The fraction of sp³-hybridized carbons (Fsp3) is 0.758. The van der Waals surface area contributed by atoms with E-state index in [-0.39, 0.29) is 16.7 Å². The molecule has 3 aliphatic carbocycles. The number of carbonyl (C=O) groups is 2. The Morgan fingerprint density at radius 3 is 2.39 bits per heavy atom. The normalized spacial score (nSPS) is 36.4. The third kappa shape index (κ3) is 4.96. The van der Waals surface area contributed by atoms with Gasteiger partial charge in [0.25, 0.3) is 5.91 Å². The molecule has 4 aliphatic rings. The molecule has 1 aromatic rings. The highest BCUT2D eigenvalue weighted by molar-refractivity contribution is 14.1. The predicted molar refractivity (Wildman–Crippen MR) is 163 cm³/mol. The lowest BCUT2D eigenvalue weighted by Gasteiger charge is -2.62. The molecule has 0 aromatic heterocycles. The summed E-state index contributed by atoms with van der Waals surface area (Å²) in [4.78, 5) is 31.0. The Morgan fingerprint density at radius 2 is 1.66 bits per heavy atom. The largest absolute Gasteiger partial charge is 0.342 e. The first kappa shape index (κ1) is 28.4. The molecule has 1 aromatic carbocycles. The van der Waals surface area contributed by atoms with E-state index in [1.54, 1.807) is 0 Å². The maximum absolute atomic E-state index is 14.1. The first-order valence-corrected chi connectivity index (χ1v) is 16.6. The van der Waals surface area contributed by atoms with Crippen molar-refractivity contribution < 1.29 is 9.59 Å². The summed E-state index contributed by atoms with van der Waals surface area (Å²) in [6.45, 7) is 8.21. The van der Waals surface area contributed by atoms with Crippen molar-refractivity contribution in [2.24, 2.45) is 28.6 Å². The summed E-state index contributed by atoms with van der Waals surface area (Å²) in [7, 11) is 2.05. The third-order valence-electron chi connectivity index (χ3n) is 11.7. The summed E-state index contributed by atoms with van der Waals surface area (Å²) in [5.41, 5.74) is 1.30. The van der Waals surface area contributed by atoms with Crippen molar-refractivity contribution in [2.45, 2.75) is 116 Å². The first-order valence-electron chi connectivity index (χ1n) is 15.5. The number of halogens is 1. The Kier molecular flexibility index (Phi) is 8.53. The Bertz CT molecular complexity index is 1010. The van der Waals surface area contributed by atoms with Crippen LogP contribution in [0.1, 0.15) is 115 Å². The molecule has 1 aliphatic heterocycles. The Morgan fingerprint density at radius 1 is 0.947 bits per heavy atom. The highest BCUT2D eigenvalue weighted by Crippen LogP contribution is 2.65. The van der Waals surface area contributed by atoms with E-state index < -0.39 is 0 Å². The van der Waals surface area contributed by atoms with E-state index in [0.717, 1.165) is 43.7 Å². The van der Waals surface area contributed by atoms with Gasteiger partial charge in [0, 0.05) is 41.2 Å². The molecular formula is C33H49IN2O2. The summed E-state index contributed by atoms with van der Waals surface area (Å²) in [6.07, 6.45) is 15.2. The van der Waals surface area contributed by atoms with E-state index in [1.807, 2.05) is 12.1 Å². The van der Waals surface area contributed by atoms with Crippen LogP contribution in [-0.2, 0) is 4.79 Å². The number of nitrogens with zero attached hydrogens (tertiary/aromatic N) is 2. The number of piperidine rings is 1. The lowest BCUT2D eigenvalue weighted by Crippen LogP contribution is -2.62. The van der Waals surface area contributed by atoms with Gasteiger partial charge in [0.1, 0.15) is 0 Å². The molecule has 1 saturated heterocycles. The average molecular weight is 633 g/mol. The molecule has 210 valence electrons. The van der Waals surface area contributed by atoms with Crippen molar-refractivity contribution in [2.75, 3.05) is 13.6 Å². The fourth-order valence-electron chi connectivity index (χ4n) is 9.68. The Balaban J connectivity index is 1.37. The standard InChI is InChI=1S/C33H49IN2O2/c1-5-6-7-8-9-22-36(31(38)23-10-12-24(34)13-11-23)29-17-15-26-25-14-16-28-32(2,21-19-30(37)35(28)4)27(25)18-20-33(26,29)3/h10-13,25-29H,5-9,14-22H2,1-4H3/t25-,26-,27-,28+,29-,32+,33-/m0/s1. The van der Waals surface area contributed by atoms with Crippen molar-refractivity contribution in [3.05, 3.63) is 33.4 Å². The molecule has 0 N–H and O–H groups in total. The van der Waals surface area contributed by atoms with Crippen LogP contribution in [0.3, 0.4) is 0 Å². The zero-order valence-corrected chi connectivity index (χ0v) is 26.3. The molecule has 7 atom stereocenters. The van der Waals surface area contributed by atoms with Crippen molar-refractivity contribution in [1.82, 2.24) is 9.80 Å². The second-order valence-electron chi connectivity index (χ2n) is 13.5. The molecule has 1 heterocycles. The number of amides is 2. The van der Waals surface area contributed by atoms with Crippen LogP contribution in [0.4, 0.5) is 0 Å². The van der Waals surface area contributed by atoms with Crippen LogP contribution >= 0.6 is 22.6 Å². The van der Waals surface area contributed by atoms with Crippen LogP contribution in [0.2, 0.25) is 0 Å². The molecular weight excluding hydrogens is 583 g/mol. The minimum Gasteiger partial charge on any atom is -0.342 e. The molecule has 0 bridgehead atoms. The van der Waals surface area contributed by atoms with E-state index in [1.165, 1.54) is 54.9 Å². The van der Waals surface area contributed by atoms with Crippen LogP contribution in [-0.4, -0.2) is 47.3 Å². The quantitative estimate of drug-likeness (QED) is 0.216. The fourth-order valence-corrected chi connectivity index (χ4v) is 10.0. The van der Waals surface area contributed by atoms with E-state index in [0.29, 0.717) is 36.2 Å². The van der Waals surface area contributed by atoms with Crippen LogP contribution < -0.4 is 0 Å². The smallest absolute Gasteiger partial charge is 0.254 e. The molecule has 0 radical (unpaired) electrons. The van der Waals surface area contributed by atoms with Gasteiger partial charge in [-0.15, -0.1) is 0 Å². The number of hydrogen-bond acceptors (Lipinski definition) is 2. The first-order chi connectivity index (χ1) is 18.2. The minimum absolute atomic E-state index is 0.197. The Labute approximate surface area is 244 Å². The van der Waals surface area contributed by atoms with Crippen LogP contribution in [0.25, 0.3) is 0 Å². The average Bonchev–Trinajstić information content (AvgIpc) is 3.26. The van der Waals surface area contributed by atoms with Gasteiger partial charge in [-0.25, -0.2) is 0 Å². The molecule has 4 fully saturated rings. The topological polar surface area (TPSA) is 40.6 Å². The predicted octanol–water partition coefficient (Wildman–Crippen LogP) is 7.94. The maximum Gasteiger partial charge on any atom is 0.254 e. The summed E-state index contributed by atoms with van der Waals surface area (Å²) >= 11 is 2.32. The number of carbonyl (C=O) groups excluding carboxylic acids is 2. The van der Waals surface area contributed by atoms with Crippen molar-refractivity contribution in [3.63, 3.8) is 0 Å². The monoisotopic (exact) mass is 632 g/mol. The van der Waals surface area contributed by atoms with E-state index in [2.05, 4.69) is 72.3 Å².